The van der Waals surface area contributed by atoms with E-state index >= 15 is 0 Å². The van der Waals surface area contributed by atoms with E-state index in [0.717, 1.165) is 31.4 Å². The molecular weight excluding hydrogens is 324 g/mol. The molecule has 2 aliphatic rings. The van der Waals surface area contributed by atoms with Gasteiger partial charge in [0.05, 0.1) is 5.69 Å². The van der Waals surface area contributed by atoms with Gasteiger partial charge in [0, 0.05) is 17.3 Å². The van der Waals surface area contributed by atoms with Crippen LogP contribution in [0, 0.1) is 6.92 Å². The molecule has 0 unspecified atom stereocenters. The normalized spacial score (nSPS) is 17.7. The van der Waals surface area contributed by atoms with Gasteiger partial charge in [-0.15, -0.1) is 11.3 Å². The minimum atomic E-state index is -2.83. The number of hydrogen-bond acceptors (Lipinski definition) is 5. The molecule has 122 valence electrons. The molecule has 0 atom stereocenters. The SMILES string of the molecule is Cc1csc(N(C(=O)c2oc(C3CC3)nc2C(F)F)C2CC2)n1. The summed E-state index contributed by atoms with van der Waals surface area (Å²) in [5.74, 6) is -0.557. The second kappa shape index (κ2) is 5.36. The maximum absolute atomic E-state index is 13.3. The molecule has 0 spiro atoms. The van der Waals surface area contributed by atoms with Gasteiger partial charge in [-0.1, -0.05) is 0 Å². The molecule has 2 saturated carbocycles. The third-order valence-corrected chi connectivity index (χ3v) is 4.90. The number of halogens is 2. The number of hydrogen-bond donors (Lipinski definition) is 0. The van der Waals surface area contributed by atoms with Crippen molar-refractivity contribution in [2.45, 2.75) is 51.0 Å². The predicted molar refractivity (Wildman–Crippen MR) is 80.1 cm³/mol. The van der Waals surface area contributed by atoms with Crippen LogP contribution in [0.2, 0.25) is 0 Å². The van der Waals surface area contributed by atoms with Crippen LogP contribution < -0.4 is 4.90 Å². The lowest BCUT2D eigenvalue weighted by atomic mass is 10.3. The highest BCUT2D eigenvalue weighted by atomic mass is 32.1. The van der Waals surface area contributed by atoms with E-state index in [2.05, 4.69) is 9.97 Å². The molecule has 0 radical (unpaired) electrons. The van der Waals surface area contributed by atoms with E-state index in [1.165, 1.54) is 16.2 Å². The van der Waals surface area contributed by atoms with Gasteiger partial charge in [-0.25, -0.2) is 18.7 Å². The Labute approximate surface area is 135 Å². The van der Waals surface area contributed by atoms with Crippen LogP contribution in [0.1, 0.15) is 65.9 Å². The number of aromatic nitrogens is 2. The van der Waals surface area contributed by atoms with E-state index in [4.69, 9.17) is 4.42 Å². The molecule has 0 N–H and O–H groups in total. The van der Waals surface area contributed by atoms with Crippen molar-refractivity contribution in [3.63, 3.8) is 0 Å². The van der Waals surface area contributed by atoms with Crippen LogP contribution in [0.25, 0.3) is 0 Å². The lowest BCUT2D eigenvalue weighted by Crippen LogP contribution is -2.33. The zero-order valence-electron chi connectivity index (χ0n) is 12.5. The highest BCUT2D eigenvalue weighted by Gasteiger charge is 2.41. The van der Waals surface area contributed by atoms with Crippen LogP contribution in [0.3, 0.4) is 0 Å². The molecule has 2 aliphatic carbocycles. The zero-order valence-corrected chi connectivity index (χ0v) is 13.3. The highest BCUT2D eigenvalue weighted by Crippen LogP contribution is 2.42. The molecule has 0 aromatic carbocycles. The van der Waals surface area contributed by atoms with E-state index in [1.807, 2.05) is 12.3 Å². The molecule has 8 heteroatoms. The van der Waals surface area contributed by atoms with Crippen molar-refractivity contribution in [3.8, 4) is 0 Å². The average Bonchev–Trinajstić information content (AvgIpc) is 3.43. The first kappa shape index (κ1) is 14.7. The standard InChI is InChI=1S/C15H15F2N3O2S/c1-7-6-23-15(18-7)20(9-4-5-9)14(21)11-10(12(16)17)19-13(22-11)8-2-3-8/h6,8-9,12H,2-5H2,1H3. The summed E-state index contributed by atoms with van der Waals surface area (Å²) < 4.78 is 32.0. The molecule has 0 saturated heterocycles. The summed E-state index contributed by atoms with van der Waals surface area (Å²) in [5, 5.41) is 2.36. The Morgan fingerprint density at radius 3 is 2.61 bits per heavy atom. The van der Waals surface area contributed by atoms with E-state index in [9.17, 15) is 13.6 Å². The molecule has 0 aliphatic heterocycles. The monoisotopic (exact) mass is 339 g/mol. The van der Waals surface area contributed by atoms with E-state index in [1.54, 1.807) is 0 Å². The third-order valence-electron chi connectivity index (χ3n) is 3.94. The van der Waals surface area contributed by atoms with Crippen LogP contribution in [0.15, 0.2) is 9.80 Å². The molecular formula is C15H15F2N3O2S. The summed E-state index contributed by atoms with van der Waals surface area (Å²) >= 11 is 1.33. The maximum Gasteiger partial charge on any atom is 0.298 e. The summed E-state index contributed by atoms with van der Waals surface area (Å²) in [7, 11) is 0. The summed E-state index contributed by atoms with van der Waals surface area (Å²) in [6.07, 6.45) is 0.601. The molecule has 23 heavy (non-hydrogen) atoms. The predicted octanol–water partition coefficient (Wildman–Crippen LogP) is 4.06. The first-order valence-electron chi connectivity index (χ1n) is 7.59. The van der Waals surface area contributed by atoms with Crippen LogP contribution in [0.5, 0.6) is 0 Å². The van der Waals surface area contributed by atoms with Gasteiger partial charge in [0.25, 0.3) is 12.3 Å². The van der Waals surface area contributed by atoms with Gasteiger partial charge in [0.15, 0.2) is 16.7 Å². The van der Waals surface area contributed by atoms with Gasteiger partial charge >= 0.3 is 0 Å². The Hall–Kier alpha value is -1.83. The zero-order chi connectivity index (χ0) is 16.1. The number of oxazole rings is 1. The first-order chi connectivity index (χ1) is 11.0. The Morgan fingerprint density at radius 1 is 1.35 bits per heavy atom. The van der Waals surface area contributed by atoms with E-state index in [0.29, 0.717) is 5.13 Å². The largest absolute Gasteiger partial charge is 0.435 e. The van der Waals surface area contributed by atoms with Crippen molar-refractivity contribution in [3.05, 3.63) is 28.4 Å². The minimum Gasteiger partial charge on any atom is -0.435 e. The first-order valence-corrected chi connectivity index (χ1v) is 8.47. The van der Waals surface area contributed by atoms with Gasteiger partial charge in [-0.05, 0) is 32.6 Å². The van der Waals surface area contributed by atoms with Gasteiger partial charge < -0.3 is 4.42 Å². The van der Waals surface area contributed by atoms with Gasteiger partial charge in [0.2, 0.25) is 5.76 Å². The maximum atomic E-state index is 13.3. The second-order valence-electron chi connectivity index (χ2n) is 6.02. The fourth-order valence-electron chi connectivity index (χ4n) is 2.46. The van der Waals surface area contributed by atoms with Gasteiger partial charge in [0.1, 0.15) is 0 Å². The van der Waals surface area contributed by atoms with Crippen molar-refractivity contribution >= 4 is 22.4 Å². The Bertz CT molecular complexity index is 750. The van der Waals surface area contributed by atoms with Crippen molar-refractivity contribution in [1.82, 2.24) is 9.97 Å². The van der Waals surface area contributed by atoms with Crippen LogP contribution in [-0.2, 0) is 0 Å². The van der Waals surface area contributed by atoms with Gasteiger partial charge in [-0.2, -0.15) is 0 Å². The lowest BCUT2D eigenvalue weighted by Gasteiger charge is -2.18. The number of carbonyl (C=O) groups excluding carboxylic acids is 1. The molecule has 2 heterocycles. The lowest BCUT2D eigenvalue weighted by molar-refractivity contribution is 0.0937. The molecule has 2 aromatic heterocycles. The number of anilines is 1. The number of aryl methyl sites for hydroxylation is 1. The van der Waals surface area contributed by atoms with Crippen LogP contribution >= 0.6 is 11.3 Å². The Morgan fingerprint density at radius 2 is 2.09 bits per heavy atom. The Balaban J connectivity index is 1.71. The smallest absolute Gasteiger partial charge is 0.298 e. The molecule has 2 aromatic rings. The summed E-state index contributed by atoms with van der Waals surface area (Å²) in [5.41, 5.74) is 0.254. The molecule has 2 fully saturated rings. The van der Waals surface area contributed by atoms with Crippen LogP contribution in [0.4, 0.5) is 13.9 Å². The molecule has 1 amide bonds. The number of rotatable bonds is 5. The molecule has 4 rings (SSSR count). The summed E-state index contributed by atoms with van der Waals surface area (Å²) in [4.78, 5) is 22.5. The topological polar surface area (TPSA) is 59.2 Å². The number of amides is 1. The Kier molecular flexibility index (Phi) is 3.44. The number of thiazole rings is 1. The van der Waals surface area contributed by atoms with E-state index < -0.39 is 18.0 Å². The number of alkyl halides is 2. The average molecular weight is 339 g/mol. The minimum absolute atomic E-state index is 0.00745. The van der Waals surface area contributed by atoms with Gasteiger partial charge in [-0.3, -0.25) is 9.69 Å². The van der Waals surface area contributed by atoms with Crippen molar-refractivity contribution in [1.29, 1.82) is 0 Å². The van der Waals surface area contributed by atoms with E-state index in [-0.39, 0.29) is 23.6 Å². The van der Waals surface area contributed by atoms with Crippen molar-refractivity contribution in [2.75, 3.05) is 4.90 Å². The second-order valence-corrected chi connectivity index (χ2v) is 6.86. The molecule has 0 bridgehead atoms. The quantitative estimate of drug-likeness (QED) is 0.824. The number of carbonyl (C=O) groups is 1. The van der Waals surface area contributed by atoms with Crippen molar-refractivity contribution in [2.24, 2.45) is 0 Å². The third kappa shape index (κ3) is 2.75. The molecule has 5 nitrogen and oxygen atoms in total. The highest BCUT2D eigenvalue weighted by molar-refractivity contribution is 7.14. The van der Waals surface area contributed by atoms with Crippen molar-refractivity contribution < 1.29 is 18.0 Å². The van der Waals surface area contributed by atoms with Crippen LogP contribution in [-0.4, -0.2) is 21.9 Å². The fraction of sp³-hybridized carbons (Fsp3) is 0.533. The number of nitrogens with zero attached hydrogens (tertiary/aromatic N) is 3. The summed E-state index contributed by atoms with van der Waals surface area (Å²) in [6.45, 7) is 1.83. The summed E-state index contributed by atoms with van der Waals surface area (Å²) in [6, 6.07) is 0.00745. The fourth-order valence-corrected chi connectivity index (χ4v) is 3.33.